The maximum Gasteiger partial charge on any atom is 0.119 e. The molecule has 1 atom stereocenters. The summed E-state index contributed by atoms with van der Waals surface area (Å²) < 4.78 is 5.52. The highest BCUT2D eigenvalue weighted by atomic mass is 16.5. The first kappa shape index (κ1) is 12.0. The molecule has 3 heteroatoms. The van der Waals surface area contributed by atoms with Crippen molar-refractivity contribution >= 4 is 0 Å². The monoisotopic (exact) mass is 210 g/mol. The van der Waals surface area contributed by atoms with E-state index in [4.69, 9.17) is 14.9 Å². The molecule has 3 nitrogen and oxygen atoms in total. The molecule has 0 saturated heterocycles. The SMILES string of the molecule is Cc1cccc(OCC(CO)CCO)c1. The second-order valence-corrected chi connectivity index (χ2v) is 3.69. The Morgan fingerprint density at radius 1 is 1.33 bits per heavy atom. The van der Waals surface area contributed by atoms with E-state index in [1.165, 1.54) is 0 Å². The number of aryl methyl sites for hydroxylation is 1. The molecule has 1 aromatic rings. The van der Waals surface area contributed by atoms with Crippen molar-refractivity contribution in [2.75, 3.05) is 19.8 Å². The first-order chi connectivity index (χ1) is 7.26. The minimum atomic E-state index is 0.00973. The average Bonchev–Trinajstić information content (AvgIpc) is 2.24. The van der Waals surface area contributed by atoms with E-state index < -0.39 is 0 Å². The van der Waals surface area contributed by atoms with E-state index in [0.29, 0.717) is 13.0 Å². The lowest BCUT2D eigenvalue weighted by molar-refractivity contribution is 0.134. The first-order valence-electron chi connectivity index (χ1n) is 5.17. The van der Waals surface area contributed by atoms with Crippen LogP contribution in [0.25, 0.3) is 0 Å². The Morgan fingerprint density at radius 3 is 2.73 bits per heavy atom. The van der Waals surface area contributed by atoms with Gasteiger partial charge >= 0.3 is 0 Å². The highest BCUT2D eigenvalue weighted by molar-refractivity contribution is 5.27. The van der Waals surface area contributed by atoms with Gasteiger partial charge in [-0.15, -0.1) is 0 Å². The predicted molar refractivity (Wildman–Crippen MR) is 59.0 cm³/mol. The molecule has 0 fully saturated rings. The van der Waals surface area contributed by atoms with Gasteiger partial charge in [0.15, 0.2) is 0 Å². The molecule has 0 bridgehead atoms. The van der Waals surface area contributed by atoms with Crippen LogP contribution in [0.5, 0.6) is 5.75 Å². The Hall–Kier alpha value is -1.06. The minimum Gasteiger partial charge on any atom is -0.493 e. The Balaban J connectivity index is 2.41. The van der Waals surface area contributed by atoms with Gasteiger partial charge < -0.3 is 14.9 Å². The van der Waals surface area contributed by atoms with Crippen molar-refractivity contribution in [2.24, 2.45) is 5.92 Å². The third-order valence-electron chi connectivity index (χ3n) is 2.27. The number of aliphatic hydroxyl groups excluding tert-OH is 2. The summed E-state index contributed by atoms with van der Waals surface area (Å²) in [5, 5.41) is 17.7. The van der Waals surface area contributed by atoms with Gasteiger partial charge in [-0.25, -0.2) is 0 Å². The topological polar surface area (TPSA) is 49.7 Å². The molecule has 0 spiro atoms. The fourth-order valence-electron chi connectivity index (χ4n) is 1.33. The zero-order valence-electron chi connectivity index (χ0n) is 9.02. The van der Waals surface area contributed by atoms with Gasteiger partial charge in [-0.2, -0.15) is 0 Å². The second kappa shape index (κ2) is 6.43. The van der Waals surface area contributed by atoms with Gasteiger partial charge in [-0.05, 0) is 31.0 Å². The van der Waals surface area contributed by atoms with Crippen molar-refractivity contribution < 1.29 is 14.9 Å². The lowest BCUT2D eigenvalue weighted by Crippen LogP contribution is -2.17. The van der Waals surface area contributed by atoms with Gasteiger partial charge in [0, 0.05) is 19.1 Å². The molecule has 0 amide bonds. The second-order valence-electron chi connectivity index (χ2n) is 3.69. The van der Waals surface area contributed by atoms with Crippen LogP contribution in [0.15, 0.2) is 24.3 Å². The van der Waals surface area contributed by atoms with Crippen molar-refractivity contribution in [3.63, 3.8) is 0 Å². The van der Waals surface area contributed by atoms with E-state index in [2.05, 4.69) is 0 Å². The minimum absolute atomic E-state index is 0.00973. The molecular weight excluding hydrogens is 192 g/mol. The molecule has 15 heavy (non-hydrogen) atoms. The number of hydrogen-bond donors (Lipinski definition) is 2. The number of rotatable bonds is 6. The van der Waals surface area contributed by atoms with Crippen molar-refractivity contribution in [1.29, 1.82) is 0 Å². The molecule has 0 aliphatic rings. The molecule has 0 aliphatic heterocycles. The van der Waals surface area contributed by atoms with Crippen LogP contribution >= 0.6 is 0 Å². The van der Waals surface area contributed by atoms with Gasteiger partial charge in [-0.3, -0.25) is 0 Å². The zero-order chi connectivity index (χ0) is 11.1. The Bertz CT molecular complexity index is 286. The van der Waals surface area contributed by atoms with Crippen LogP contribution in [-0.4, -0.2) is 30.0 Å². The van der Waals surface area contributed by atoms with Crippen molar-refractivity contribution in [2.45, 2.75) is 13.3 Å². The Labute approximate surface area is 90.3 Å². The largest absolute Gasteiger partial charge is 0.493 e. The molecule has 0 aromatic heterocycles. The Kier molecular flexibility index (Phi) is 5.15. The van der Waals surface area contributed by atoms with Crippen LogP contribution in [0, 0.1) is 12.8 Å². The molecule has 1 aromatic carbocycles. The first-order valence-corrected chi connectivity index (χ1v) is 5.17. The molecule has 0 heterocycles. The van der Waals surface area contributed by atoms with Gasteiger partial charge in [0.25, 0.3) is 0 Å². The Morgan fingerprint density at radius 2 is 2.13 bits per heavy atom. The van der Waals surface area contributed by atoms with Gasteiger partial charge in [0.2, 0.25) is 0 Å². The van der Waals surface area contributed by atoms with Crippen molar-refractivity contribution in [3.05, 3.63) is 29.8 Å². The van der Waals surface area contributed by atoms with E-state index in [1.807, 2.05) is 31.2 Å². The summed E-state index contributed by atoms with van der Waals surface area (Å²) >= 11 is 0. The maximum atomic E-state index is 9.00. The maximum absolute atomic E-state index is 9.00. The summed E-state index contributed by atoms with van der Waals surface area (Å²) in [5.74, 6) is 0.821. The van der Waals surface area contributed by atoms with E-state index >= 15 is 0 Å². The molecule has 84 valence electrons. The number of aliphatic hydroxyl groups is 2. The van der Waals surface area contributed by atoms with Gasteiger partial charge in [0.05, 0.1) is 6.61 Å². The molecule has 0 aliphatic carbocycles. The lowest BCUT2D eigenvalue weighted by Gasteiger charge is -2.14. The normalized spacial score (nSPS) is 12.5. The summed E-state index contributed by atoms with van der Waals surface area (Å²) in [6.45, 7) is 2.58. The smallest absolute Gasteiger partial charge is 0.119 e. The summed E-state index contributed by atoms with van der Waals surface area (Å²) in [6.07, 6.45) is 0.572. The lowest BCUT2D eigenvalue weighted by atomic mass is 10.1. The molecule has 1 rings (SSSR count). The summed E-state index contributed by atoms with van der Waals surface area (Å²) in [7, 11) is 0. The van der Waals surface area contributed by atoms with Crippen LogP contribution in [0.2, 0.25) is 0 Å². The quantitative estimate of drug-likeness (QED) is 0.745. The fourth-order valence-corrected chi connectivity index (χ4v) is 1.33. The van der Waals surface area contributed by atoms with E-state index in [-0.39, 0.29) is 19.1 Å². The van der Waals surface area contributed by atoms with Crippen molar-refractivity contribution in [3.8, 4) is 5.75 Å². The highest BCUT2D eigenvalue weighted by Crippen LogP contribution is 2.14. The van der Waals surface area contributed by atoms with Crippen LogP contribution < -0.4 is 4.74 Å². The number of benzene rings is 1. The predicted octanol–water partition coefficient (Wildman–Crippen LogP) is 1.36. The molecular formula is C12H18O3. The van der Waals surface area contributed by atoms with E-state index in [1.54, 1.807) is 0 Å². The molecule has 0 saturated carbocycles. The van der Waals surface area contributed by atoms with E-state index in [9.17, 15) is 0 Å². The average molecular weight is 210 g/mol. The van der Waals surface area contributed by atoms with Gasteiger partial charge in [-0.1, -0.05) is 12.1 Å². The molecule has 1 unspecified atom stereocenters. The van der Waals surface area contributed by atoms with Crippen LogP contribution in [0.4, 0.5) is 0 Å². The zero-order valence-corrected chi connectivity index (χ0v) is 9.02. The number of hydrogen-bond acceptors (Lipinski definition) is 3. The highest BCUT2D eigenvalue weighted by Gasteiger charge is 2.07. The fraction of sp³-hybridized carbons (Fsp3) is 0.500. The standard InChI is InChI=1S/C12H18O3/c1-10-3-2-4-12(7-10)15-9-11(8-14)5-6-13/h2-4,7,11,13-14H,5-6,8-9H2,1H3. The van der Waals surface area contributed by atoms with Crippen LogP contribution in [0.3, 0.4) is 0 Å². The van der Waals surface area contributed by atoms with Crippen LogP contribution in [-0.2, 0) is 0 Å². The van der Waals surface area contributed by atoms with E-state index in [0.717, 1.165) is 11.3 Å². The third-order valence-corrected chi connectivity index (χ3v) is 2.27. The summed E-state index contributed by atoms with van der Waals surface area (Å²) in [6, 6.07) is 7.78. The molecule has 0 radical (unpaired) electrons. The van der Waals surface area contributed by atoms with Crippen molar-refractivity contribution in [1.82, 2.24) is 0 Å². The third kappa shape index (κ3) is 4.32. The summed E-state index contributed by atoms with van der Waals surface area (Å²) in [5.41, 5.74) is 1.15. The van der Waals surface area contributed by atoms with Crippen LogP contribution in [0.1, 0.15) is 12.0 Å². The number of ether oxygens (including phenoxy) is 1. The summed E-state index contributed by atoms with van der Waals surface area (Å²) in [4.78, 5) is 0. The van der Waals surface area contributed by atoms with Gasteiger partial charge in [0.1, 0.15) is 5.75 Å². The molecule has 2 N–H and O–H groups in total.